The summed E-state index contributed by atoms with van der Waals surface area (Å²) in [5.74, 6) is 1.61. The van der Waals surface area contributed by atoms with E-state index in [4.69, 9.17) is 9.73 Å². The lowest BCUT2D eigenvalue weighted by molar-refractivity contribution is -0.130. The summed E-state index contributed by atoms with van der Waals surface area (Å²) in [6.45, 7) is 13.3. The van der Waals surface area contributed by atoms with Gasteiger partial charge in [0.1, 0.15) is 0 Å². The fourth-order valence-electron chi connectivity index (χ4n) is 3.61. The van der Waals surface area contributed by atoms with Gasteiger partial charge in [-0.2, -0.15) is 0 Å². The minimum absolute atomic E-state index is 0.176. The number of hydrogen-bond donors (Lipinski definition) is 2. The number of likely N-dealkylation sites (tertiary alicyclic amines) is 1. The number of ether oxygens (including phenoxy) is 1. The molecule has 2 aliphatic rings. The van der Waals surface area contributed by atoms with Crippen molar-refractivity contribution in [3.8, 4) is 0 Å². The largest absolute Gasteiger partial charge is 0.379 e. The highest BCUT2D eigenvalue weighted by Gasteiger charge is 2.22. The molecule has 2 N–H and O–H groups in total. The van der Waals surface area contributed by atoms with Crippen molar-refractivity contribution in [2.24, 2.45) is 10.9 Å². The van der Waals surface area contributed by atoms with Crippen molar-refractivity contribution in [3.05, 3.63) is 0 Å². The third-order valence-electron chi connectivity index (χ3n) is 5.36. The van der Waals surface area contributed by atoms with Gasteiger partial charge in [0.05, 0.1) is 19.8 Å². The smallest absolute Gasteiger partial charge is 0.236 e. The van der Waals surface area contributed by atoms with Gasteiger partial charge in [0, 0.05) is 66.0 Å². The van der Waals surface area contributed by atoms with E-state index >= 15 is 0 Å². The number of morpholine rings is 1. The maximum atomic E-state index is 11.9. The van der Waals surface area contributed by atoms with Crippen LogP contribution in [-0.4, -0.2) is 112 Å². The number of guanidine groups is 1. The van der Waals surface area contributed by atoms with Crippen LogP contribution < -0.4 is 10.6 Å². The van der Waals surface area contributed by atoms with Gasteiger partial charge in [-0.3, -0.25) is 19.6 Å². The lowest BCUT2D eigenvalue weighted by Gasteiger charge is -2.33. The van der Waals surface area contributed by atoms with Crippen LogP contribution in [0.3, 0.4) is 0 Å². The van der Waals surface area contributed by atoms with Gasteiger partial charge in [-0.05, 0) is 25.7 Å². The Morgan fingerprint density at radius 2 is 1.86 bits per heavy atom. The Kier molecular flexibility index (Phi) is 10.0. The molecule has 0 bridgehead atoms. The van der Waals surface area contributed by atoms with Crippen LogP contribution in [0.4, 0.5) is 0 Å². The lowest BCUT2D eigenvalue weighted by atomic mass is 10.1. The van der Waals surface area contributed by atoms with Gasteiger partial charge in [0.25, 0.3) is 0 Å². The van der Waals surface area contributed by atoms with Crippen molar-refractivity contribution in [1.29, 1.82) is 0 Å². The number of amides is 1. The summed E-state index contributed by atoms with van der Waals surface area (Å²) in [6, 6.07) is 0.415. The molecule has 0 radical (unpaired) electrons. The van der Waals surface area contributed by atoms with E-state index in [0.717, 1.165) is 77.8 Å². The van der Waals surface area contributed by atoms with E-state index in [0.29, 0.717) is 18.5 Å². The quantitative estimate of drug-likeness (QED) is 0.447. The van der Waals surface area contributed by atoms with Gasteiger partial charge < -0.3 is 20.3 Å². The number of rotatable bonds is 8. The summed E-state index contributed by atoms with van der Waals surface area (Å²) in [5.41, 5.74) is 0. The van der Waals surface area contributed by atoms with E-state index in [2.05, 4.69) is 34.3 Å². The molecular formula is C20H40N6O2. The fraction of sp³-hybridized carbons (Fsp3) is 0.900. The van der Waals surface area contributed by atoms with E-state index in [-0.39, 0.29) is 5.91 Å². The predicted molar refractivity (Wildman–Crippen MR) is 114 cm³/mol. The number of hydrogen-bond acceptors (Lipinski definition) is 5. The molecule has 2 fully saturated rings. The van der Waals surface area contributed by atoms with Crippen LogP contribution in [0.25, 0.3) is 0 Å². The second-order valence-corrected chi connectivity index (χ2v) is 8.22. The van der Waals surface area contributed by atoms with E-state index in [9.17, 15) is 4.79 Å². The van der Waals surface area contributed by atoms with Gasteiger partial charge in [-0.1, -0.05) is 6.92 Å². The van der Waals surface area contributed by atoms with Gasteiger partial charge in [-0.15, -0.1) is 0 Å². The molecule has 0 aromatic rings. The molecule has 162 valence electrons. The van der Waals surface area contributed by atoms with Gasteiger partial charge in [0.2, 0.25) is 5.91 Å². The number of aliphatic imine (C=N–C) groups is 1. The van der Waals surface area contributed by atoms with Gasteiger partial charge >= 0.3 is 0 Å². The third-order valence-corrected chi connectivity index (χ3v) is 5.36. The van der Waals surface area contributed by atoms with Gasteiger partial charge in [0.15, 0.2) is 5.96 Å². The summed E-state index contributed by atoms with van der Waals surface area (Å²) in [6.07, 6.45) is 2.07. The molecule has 0 aromatic carbocycles. The van der Waals surface area contributed by atoms with Crippen molar-refractivity contribution < 1.29 is 9.53 Å². The van der Waals surface area contributed by atoms with Crippen LogP contribution in [0, 0.1) is 5.92 Å². The average molecular weight is 397 g/mol. The van der Waals surface area contributed by atoms with Crippen molar-refractivity contribution in [2.75, 3.05) is 79.7 Å². The molecule has 2 rings (SSSR count). The first-order valence-electron chi connectivity index (χ1n) is 10.7. The highest BCUT2D eigenvalue weighted by Crippen LogP contribution is 2.10. The topological polar surface area (TPSA) is 72.4 Å². The zero-order valence-corrected chi connectivity index (χ0v) is 18.2. The molecule has 0 spiro atoms. The Labute approximate surface area is 170 Å². The number of piperidine rings is 1. The standard InChI is InChI=1S/C20H40N6O2/c1-5-21-20(22-14-17(2)15-26-10-12-28-13-11-26)23-18-6-8-25(9-7-18)16-19(27)24(3)4/h17-18H,5-16H2,1-4H3,(H2,21,22,23). The van der Waals surface area contributed by atoms with Gasteiger partial charge in [-0.25, -0.2) is 0 Å². The van der Waals surface area contributed by atoms with Crippen molar-refractivity contribution in [2.45, 2.75) is 32.7 Å². The Morgan fingerprint density at radius 1 is 1.18 bits per heavy atom. The van der Waals surface area contributed by atoms with Crippen LogP contribution in [0.5, 0.6) is 0 Å². The van der Waals surface area contributed by atoms with Crippen LogP contribution in [-0.2, 0) is 9.53 Å². The molecule has 2 aliphatic heterocycles. The highest BCUT2D eigenvalue weighted by molar-refractivity contribution is 5.80. The van der Waals surface area contributed by atoms with E-state index < -0.39 is 0 Å². The second kappa shape index (κ2) is 12.2. The molecule has 2 saturated heterocycles. The zero-order valence-electron chi connectivity index (χ0n) is 18.2. The molecule has 1 amide bonds. The molecular weight excluding hydrogens is 356 g/mol. The SMILES string of the molecule is CCNC(=NCC(C)CN1CCOCC1)NC1CCN(CC(=O)N(C)C)CC1. The Hall–Kier alpha value is -1.38. The summed E-state index contributed by atoms with van der Waals surface area (Å²) in [4.78, 5) is 23.1. The molecule has 1 atom stereocenters. The molecule has 8 nitrogen and oxygen atoms in total. The molecule has 28 heavy (non-hydrogen) atoms. The normalized spacial score (nSPS) is 21.4. The van der Waals surface area contributed by atoms with Crippen LogP contribution in [0.15, 0.2) is 4.99 Å². The summed E-state index contributed by atoms with van der Waals surface area (Å²) in [7, 11) is 3.63. The third kappa shape index (κ3) is 8.32. The van der Waals surface area contributed by atoms with E-state index in [1.807, 2.05) is 14.1 Å². The number of likely N-dealkylation sites (N-methyl/N-ethyl adjacent to an activating group) is 1. The molecule has 1 unspecified atom stereocenters. The Bertz CT molecular complexity index is 485. The number of nitrogens with zero attached hydrogens (tertiary/aromatic N) is 4. The fourth-order valence-corrected chi connectivity index (χ4v) is 3.61. The number of carbonyl (C=O) groups is 1. The van der Waals surface area contributed by atoms with E-state index in [1.54, 1.807) is 4.90 Å². The summed E-state index contributed by atoms with van der Waals surface area (Å²) < 4.78 is 5.42. The lowest BCUT2D eigenvalue weighted by Crippen LogP contribution is -2.50. The van der Waals surface area contributed by atoms with Crippen LogP contribution in [0.2, 0.25) is 0 Å². The maximum Gasteiger partial charge on any atom is 0.236 e. The van der Waals surface area contributed by atoms with Crippen LogP contribution >= 0.6 is 0 Å². The minimum Gasteiger partial charge on any atom is -0.379 e. The Morgan fingerprint density at radius 3 is 2.46 bits per heavy atom. The molecule has 0 aliphatic carbocycles. The molecule has 8 heteroatoms. The predicted octanol–water partition coefficient (Wildman–Crippen LogP) is 0.0624. The first-order valence-corrected chi connectivity index (χ1v) is 10.7. The highest BCUT2D eigenvalue weighted by atomic mass is 16.5. The average Bonchev–Trinajstić information content (AvgIpc) is 2.68. The number of nitrogens with one attached hydrogen (secondary N) is 2. The summed E-state index contributed by atoms with van der Waals surface area (Å²) >= 11 is 0. The Balaban J connectivity index is 1.74. The maximum absolute atomic E-state index is 11.9. The monoisotopic (exact) mass is 396 g/mol. The molecule has 0 aromatic heterocycles. The minimum atomic E-state index is 0.176. The van der Waals surface area contributed by atoms with Crippen molar-refractivity contribution in [3.63, 3.8) is 0 Å². The molecule has 2 heterocycles. The van der Waals surface area contributed by atoms with Crippen LogP contribution in [0.1, 0.15) is 26.7 Å². The summed E-state index contributed by atoms with van der Waals surface area (Å²) in [5, 5.41) is 6.97. The van der Waals surface area contributed by atoms with Crippen molar-refractivity contribution >= 4 is 11.9 Å². The first kappa shape index (κ1) is 22.9. The zero-order chi connectivity index (χ0) is 20.4. The van der Waals surface area contributed by atoms with E-state index in [1.165, 1.54) is 0 Å². The second-order valence-electron chi connectivity index (χ2n) is 8.22. The number of carbonyl (C=O) groups excluding carboxylic acids is 1. The first-order chi connectivity index (χ1) is 13.5. The molecule has 0 saturated carbocycles. The van der Waals surface area contributed by atoms with Crippen molar-refractivity contribution in [1.82, 2.24) is 25.3 Å².